The summed E-state index contributed by atoms with van der Waals surface area (Å²) in [6, 6.07) is 21.0. The molecule has 0 aliphatic carbocycles. The summed E-state index contributed by atoms with van der Waals surface area (Å²) in [5.74, 6) is 0.312. The largest absolute Gasteiger partial charge is 0.342 e. The van der Waals surface area contributed by atoms with Crippen LogP contribution in [0.15, 0.2) is 66.9 Å². The zero-order valence-corrected chi connectivity index (χ0v) is 17.9. The van der Waals surface area contributed by atoms with Crippen LogP contribution in [0.4, 0.5) is 4.39 Å². The minimum absolute atomic E-state index is 0.246. The number of aromatic nitrogens is 3. The number of benzene rings is 3. The number of fused-ring (bicyclic) bond motifs is 2. The molecule has 5 aromatic rings. The van der Waals surface area contributed by atoms with Gasteiger partial charge in [0, 0.05) is 29.2 Å². The lowest BCUT2D eigenvalue weighted by Crippen LogP contribution is -1.97. The van der Waals surface area contributed by atoms with E-state index in [1.54, 1.807) is 12.1 Å². The van der Waals surface area contributed by atoms with Gasteiger partial charge in [-0.15, -0.1) is 0 Å². The topological polar surface area (TPSA) is 57.4 Å². The number of nitriles is 1. The fourth-order valence-corrected chi connectivity index (χ4v) is 4.01. The number of para-hydroxylation sites is 1. The summed E-state index contributed by atoms with van der Waals surface area (Å²) in [7, 11) is 0. The van der Waals surface area contributed by atoms with E-state index < -0.39 is 0 Å². The van der Waals surface area contributed by atoms with Gasteiger partial charge in [0.25, 0.3) is 0 Å². The number of rotatable bonds is 4. The summed E-state index contributed by atoms with van der Waals surface area (Å²) in [5.41, 5.74) is 7.59. The van der Waals surface area contributed by atoms with Crippen molar-refractivity contribution in [1.29, 1.82) is 5.26 Å². The van der Waals surface area contributed by atoms with E-state index in [1.165, 1.54) is 23.3 Å². The Bertz CT molecular complexity index is 1490. The number of nitrogens with one attached hydrogen (secondary N) is 1. The lowest BCUT2D eigenvalue weighted by Gasteiger charge is -2.05. The fraction of sp³-hybridized carbons (Fsp3) is 0.111. The summed E-state index contributed by atoms with van der Waals surface area (Å²) in [4.78, 5) is 7.95. The molecule has 0 spiro atoms. The monoisotopic (exact) mass is 420 g/mol. The van der Waals surface area contributed by atoms with Gasteiger partial charge in [0.05, 0.1) is 16.6 Å². The zero-order chi connectivity index (χ0) is 22.2. The molecule has 0 saturated carbocycles. The van der Waals surface area contributed by atoms with Crippen LogP contribution in [0.1, 0.15) is 28.1 Å². The van der Waals surface area contributed by atoms with Crippen LogP contribution in [0.25, 0.3) is 33.6 Å². The average Bonchev–Trinajstić information content (AvgIpc) is 3.35. The Hall–Kier alpha value is -4.17. The molecule has 0 aliphatic rings. The van der Waals surface area contributed by atoms with Crippen LogP contribution in [-0.2, 0) is 6.54 Å². The minimum Gasteiger partial charge on any atom is -0.342 e. The van der Waals surface area contributed by atoms with Crippen molar-refractivity contribution in [3.63, 3.8) is 0 Å². The highest BCUT2D eigenvalue weighted by Gasteiger charge is 2.12. The maximum atomic E-state index is 13.3. The van der Waals surface area contributed by atoms with Gasteiger partial charge in [-0.2, -0.15) is 5.26 Å². The normalized spacial score (nSPS) is 11.9. The summed E-state index contributed by atoms with van der Waals surface area (Å²) >= 11 is 0. The van der Waals surface area contributed by atoms with Crippen molar-refractivity contribution >= 4 is 33.6 Å². The molecule has 2 heterocycles. The first-order valence-electron chi connectivity index (χ1n) is 10.4. The van der Waals surface area contributed by atoms with E-state index in [0.717, 1.165) is 33.1 Å². The Morgan fingerprint density at radius 2 is 1.84 bits per heavy atom. The minimum atomic E-state index is -0.246. The number of halogens is 1. The van der Waals surface area contributed by atoms with Gasteiger partial charge in [0.15, 0.2) is 0 Å². The lowest BCUT2D eigenvalue weighted by molar-refractivity contribution is 0.626. The molecule has 3 aromatic carbocycles. The van der Waals surface area contributed by atoms with E-state index in [4.69, 9.17) is 0 Å². The number of hydrogen-bond donors (Lipinski definition) is 1. The Kier molecular flexibility index (Phi) is 4.84. The number of nitrogens with zero attached hydrogens (tertiary/aromatic N) is 3. The average molecular weight is 420 g/mol. The molecule has 0 amide bonds. The molecule has 1 N–H and O–H groups in total. The second kappa shape index (κ2) is 7.82. The summed E-state index contributed by atoms with van der Waals surface area (Å²) in [6.07, 6.45) is 3.91. The van der Waals surface area contributed by atoms with Crippen molar-refractivity contribution in [1.82, 2.24) is 14.5 Å². The van der Waals surface area contributed by atoms with Crippen molar-refractivity contribution < 1.29 is 4.39 Å². The van der Waals surface area contributed by atoms with Crippen LogP contribution in [0.2, 0.25) is 0 Å². The van der Waals surface area contributed by atoms with Crippen LogP contribution < -0.4 is 0 Å². The van der Waals surface area contributed by atoms with Gasteiger partial charge in [-0.05, 0) is 66.9 Å². The number of aromatic amines is 1. The third kappa shape index (κ3) is 3.57. The van der Waals surface area contributed by atoms with E-state index in [0.29, 0.717) is 17.9 Å². The Labute approximate surface area is 185 Å². The number of H-pyrrole nitrogens is 1. The Morgan fingerprint density at radius 1 is 1.09 bits per heavy atom. The second-order valence-corrected chi connectivity index (χ2v) is 8.06. The van der Waals surface area contributed by atoms with E-state index >= 15 is 0 Å². The molecular weight excluding hydrogens is 399 g/mol. The van der Waals surface area contributed by atoms with Crippen molar-refractivity contribution in [2.75, 3.05) is 0 Å². The lowest BCUT2D eigenvalue weighted by atomic mass is 10.1. The molecule has 2 aromatic heterocycles. The molecule has 5 heteroatoms. The maximum Gasteiger partial charge on any atom is 0.149 e. The van der Waals surface area contributed by atoms with Gasteiger partial charge >= 0.3 is 0 Å². The van der Waals surface area contributed by atoms with E-state index in [2.05, 4.69) is 46.6 Å². The first kappa shape index (κ1) is 19.8. The van der Waals surface area contributed by atoms with Gasteiger partial charge in [-0.3, -0.25) is 0 Å². The molecule has 32 heavy (non-hydrogen) atoms. The number of aryl methyl sites for hydroxylation is 2. The predicted molar refractivity (Wildman–Crippen MR) is 126 cm³/mol. The van der Waals surface area contributed by atoms with Crippen molar-refractivity contribution in [2.45, 2.75) is 20.4 Å². The Balaban J connectivity index is 1.59. The first-order valence-corrected chi connectivity index (χ1v) is 10.4. The van der Waals surface area contributed by atoms with Crippen molar-refractivity contribution in [2.24, 2.45) is 0 Å². The number of hydrogen-bond acceptors (Lipinski definition) is 2. The van der Waals surface area contributed by atoms with Crippen LogP contribution in [0, 0.1) is 31.0 Å². The highest BCUT2D eigenvalue weighted by Crippen LogP contribution is 2.27. The fourth-order valence-electron chi connectivity index (χ4n) is 4.01. The smallest absolute Gasteiger partial charge is 0.149 e. The molecule has 4 nitrogen and oxygen atoms in total. The molecular formula is C27H21FN4. The molecule has 0 saturated heterocycles. The second-order valence-electron chi connectivity index (χ2n) is 8.06. The van der Waals surface area contributed by atoms with Gasteiger partial charge in [-0.1, -0.05) is 30.3 Å². The van der Waals surface area contributed by atoms with Gasteiger partial charge in [0.2, 0.25) is 0 Å². The molecule has 0 fully saturated rings. The van der Waals surface area contributed by atoms with E-state index in [1.807, 2.05) is 36.5 Å². The van der Waals surface area contributed by atoms with Crippen LogP contribution in [0.3, 0.4) is 0 Å². The predicted octanol–water partition coefficient (Wildman–Crippen LogP) is 6.39. The molecule has 156 valence electrons. The molecule has 0 radical (unpaired) electrons. The molecule has 0 bridgehead atoms. The van der Waals surface area contributed by atoms with E-state index in [-0.39, 0.29) is 5.82 Å². The number of imidazole rings is 1. The van der Waals surface area contributed by atoms with Crippen molar-refractivity contribution in [3.05, 3.63) is 101 Å². The van der Waals surface area contributed by atoms with Crippen LogP contribution in [0.5, 0.6) is 0 Å². The molecule has 0 aliphatic heterocycles. The highest BCUT2D eigenvalue weighted by atomic mass is 19.1. The number of allylic oxidation sites excluding steroid dienone is 1. The SMILES string of the molecule is Cc1cc2nc(/C(C#N)=C\c3cn(Cc4ccc(F)cc4)c4ccccc34)[nH]c2cc1C. The summed E-state index contributed by atoms with van der Waals surface area (Å²) < 4.78 is 15.4. The highest BCUT2D eigenvalue weighted by molar-refractivity contribution is 5.98. The molecule has 5 rings (SSSR count). The van der Waals surface area contributed by atoms with Gasteiger partial charge in [0.1, 0.15) is 17.7 Å². The Morgan fingerprint density at radius 3 is 2.62 bits per heavy atom. The first-order chi connectivity index (χ1) is 15.5. The van der Waals surface area contributed by atoms with Gasteiger partial charge in [-0.25, -0.2) is 9.37 Å². The van der Waals surface area contributed by atoms with Crippen LogP contribution in [-0.4, -0.2) is 14.5 Å². The zero-order valence-electron chi connectivity index (χ0n) is 17.9. The quantitative estimate of drug-likeness (QED) is 0.343. The maximum absolute atomic E-state index is 13.3. The van der Waals surface area contributed by atoms with Crippen LogP contribution >= 0.6 is 0 Å². The molecule has 0 atom stereocenters. The third-order valence-electron chi connectivity index (χ3n) is 5.86. The van der Waals surface area contributed by atoms with Crippen molar-refractivity contribution in [3.8, 4) is 6.07 Å². The van der Waals surface area contributed by atoms with Gasteiger partial charge < -0.3 is 9.55 Å². The molecule has 0 unspecified atom stereocenters. The summed E-state index contributed by atoms with van der Waals surface area (Å²) in [6.45, 7) is 4.73. The summed E-state index contributed by atoms with van der Waals surface area (Å²) in [5, 5.41) is 10.9. The van der Waals surface area contributed by atoms with E-state index in [9.17, 15) is 9.65 Å². The standard InChI is InChI=1S/C27H21FN4/c1-17-11-24-25(12-18(17)2)31-27(30-24)20(14-29)13-21-16-32(26-6-4-3-5-23(21)26)15-19-7-9-22(28)10-8-19/h3-13,16H,15H2,1-2H3,(H,30,31)/b20-13-. The third-order valence-corrected chi connectivity index (χ3v) is 5.86.